The van der Waals surface area contributed by atoms with E-state index in [4.69, 9.17) is 9.26 Å². The Morgan fingerprint density at radius 3 is 2.48 bits per heavy atom. The lowest BCUT2D eigenvalue weighted by molar-refractivity contribution is -0.384. The predicted molar refractivity (Wildman–Crippen MR) is 118 cm³/mol. The molecule has 0 radical (unpaired) electrons. The molecule has 0 unspecified atom stereocenters. The third-order valence-electron chi connectivity index (χ3n) is 5.41. The van der Waals surface area contributed by atoms with Crippen LogP contribution in [0.3, 0.4) is 0 Å². The number of nitro groups is 1. The summed E-state index contributed by atoms with van der Waals surface area (Å²) in [6.07, 6.45) is 1.61. The lowest BCUT2D eigenvalue weighted by Gasteiger charge is -2.37. The zero-order chi connectivity index (χ0) is 21.8. The van der Waals surface area contributed by atoms with Crippen LogP contribution in [0.5, 0.6) is 5.75 Å². The zero-order valence-electron chi connectivity index (χ0n) is 17.7. The molecule has 0 bridgehead atoms. The van der Waals surface area contributed by atoms with E-state index >= 15 is 0 Å². The minimum Gasteiger partial charge on any atom is -0.495 e. The normalized spacial score (nSPS) is 14.0. The molecule has 2 heterocycles. The van der Waals surface area contributed by atoms with Gasteiger partial charge in [-0.2, -0.15) is 4.98 Å². The van der Waals surface area contributed by atoms with Crippen LogP contribution in [-0.2, 0) is 6.42 Å². The van der Waals surface area contributed by atoms with Gasteiger partial charge in [0.05, 0.1) is 17.7 Å². The molecule has 1 aliphatic rings. The fraction of sp³-hybridized carbons (Fsp3) is 0.364. The van der Waals surface area contributed by atoms with E-state index in [0.29, 0.717) is 42.5 Å². The monoisotopic (exact) mass is 423 g/mol. The van der Waals surface area contributed by atoms with E-state index in [0.717, 1.165) is 30.9 Å². The maximum absolute atomic E-state index is 11.8. The number of methoxy groups -OCH3 is 1. The zero-order valence-corrected chi connectivity index (χ0v) is 17.7. The van der Waals surface area contributed by atoms with E-state index in [2.05, 4.69) is 15.0 Å². The molecular formula is C22H25N5O4. The number of aromatic nitrogens is 2. The summed E-state index contributed by atoms with van der Waals surface area (Å²) < 4.78 is 10.8. The average molecular weight is 423 g/mol. The molecule has 31 heavy (non-hydrogen) atoms. The van der Waals surface area contributed by atoms with Crippen molar-refractivity contribution in [3.63, 3.8) is 0 Å². The second-order valence-electron chi connectivity index (χ2n) is 7.37. The Hall–Kier alpha value is -3.62. The molecule has 3 aromatic rings. The highest BCUT2D eigenvalue weighted by atomic mass is 16.6. The highest BCUT2D eigenvalue weighted by molar-refractivity contribution is 5.71. The highest BCUT2D eigenvalue weighted by Crippen LogP contribution is 2.35. The number of benzene rings is 2. The lowest BCUT2D eigenvalue weighted by Crippen LogP contribution is -2.46. The van der Waals surface area contributed by atoms with Crippen molar-refractivity contribution in [3.05, 3.63) is 58.4 Å². The molecule has 4 rings (SSSR count). The fourth-order valence-electron chi connectivity index (χ4n) is 3.85. The molecular weight excluding hydrogens is 398 g/mol. The van der Waals surface area contributed by atoms with Crippen LogP contribution in [0.4, 0.5) is 17.1 Å². The van der Waals surface area contributed by atoms with Gasteiger partial charge < -0.3 is 19.1 Å². The smallest absolute Gasteiger partial charge is 0.293 e. The first-order valence-electron chi connectivity index (χ1n) is 10.3. The standard InChI is InChI=1S/C22H25N5O4/c1-3-6-21-23-22(31-24-21)16-9-10-17(19(15-16)27(28)29)25-11-13-26(14-12-25)18-7-4-5-8-20(18)30-2/h4-5,7-10,15H,3,6,11-14H2,1-2H3. The summed E-state index contributed by atoms with van der Waals surface area (Å²) >= 11 is 0. The topological polar surface area (TPSA) is 97.8 Å². The molecule has 1 fully saturated rings. The van der Waals surface area contributed by atoms with Crippen LogP contribution in [0.25, 0.3) is 11.5 Å². The van der Waals surface area contributed by atoms with Crippen LogP contribution < -0.4 is 14.5 Å². The number of ether oxygens (including phenoxy) is 1. The number of anilines is 2. The molecule has 0 aliphatic carbocycles. The summed E-state index contributed by atoms with van der Waals surface area (Å²) in [4.78, 5) is 20.1. The van der Waals surface area contributed by atoms with Crippen molar-refractivity contribution < 1.29 is 14.2 Å². The molecule has 0 amide bonds. The van der Waals surface area contributed by atoms with E-state index in [9.17, 15) is 10.1 Å². The van der Waals surface area contributed by atoms with E-state index in [1.54, 1.807) is 19.2 Å². The number of nitrogens with zero attached hydrogens (tertiary/aromatic N) is 5. The van der Waals surface area contributed by atoms with Crippen LogP contribution in [0.15, 0.2) is 47.0 Å². The highest BCUT2D eigenvalue weighted by Gasteiger charge is 2.26. The summed E-state index contributed by atoms with van der Waals surface area (Å²) in [7, 11) is 1.66. The van der Waals surface area contributed by atoms with Crippen molar-refractivity contribution in [2.75, 3.05) is 43.1 Å². The van der Waals surface area contributed by atoms with E-state index in [-0.39, 0.29) is 10.6 Å². The van der Waals surface area contributed by atoms with Gasteiger partial charge in [0, 0.05) is 44.2 Å². The molecule has 0 saturated carbocycles. The molecule has 1 saturated heterocycles. The number of aryl methyl sites for hydroxylation is 1. The van der Waals surface area contributed by atoms with Gasteiger partial charge >= 0.3 is 0 Å². The summed E-state index contributed by atoms with van der Waals surface area (Å²) in [6, 6.07) is 13.0. The largest absolute Gasteiger partial charge is 0.495 e. The predicted octanol–water partition coefficient (Wildman–Crippen LogP) is 3.93. The Labute approximate surface area is 180 Å². The molecule has 9 heteroatoms. The van der Waals surface area contributed by atoms with Crippen molar-refractivity contribution in [1.82, 2.24) is 10.1 Å². The van der Waals surface area contributed by atoms with Crippen molar-refractivity contribution in [3.8, 4) is 17.2 Å². The van der Waals surface area contributed by atoms with Gasteiger partial charge in [-0.05, 0) is 30.7 Å². The lowest BCUT2D eigenvalue weighted by atomic mass is 10.1. The number of piperazine rings is 1. The molecule has 1 aromatic heterocycles. The van der Waals surface area contributed by atoms with Gasteiger partial charge in [-0.3, -0.25) is 10.1 Å². The summed E-state index contributed by atoms with van der Waals surface area (Å²) in [5.41, 5.74) is 2.23. The Kier molecular flexibility index (Phi) is 6.01. The summed E-state index contributed by atoms with van der Waals surface area (Å²) in [6.45, 7) is 4.84. The maximum Gasteiger partial charge on any atom is 0.293 e. The van der Waals surface area contributed by atoms with Gasteiger partial charge in [0.1, 0.15) is 11.4 Å². The van der Waals surface area contributed by atoms with Gasteiger partial charge in [0.2, 0.25) is 0 Å². The molecule has 2 aromatic carbocycles. The summed E-state index contributed by atoms with van der Waals surface area (Å²) in [5, 5.41) is 15.7. The van der Waals surface area contributed by atoms with Crippen LogP contribution in [-0.4, -0.2) is 48.4 Å². The third-order valence-corrected chi connectivity index (χ3v) is 5.41. The third kappa shape index (κ3) is 4.30. The van der Waals surface area contributed by atoms with Crippen molar-refractivity contribution in [2.45, 2.75) is 19.8 Å². The molecule has 0 N–H and O–H groups in total. The van der Waals surface area contributed by atoms with E-state index < -0.39 is 0 Å². The minimum atomic E-state index is -0.352. The summed E-state index contributed by atoms with van der Waals surface area (Å²) in [5.74, 6) is 1.74. The molecule has 162 valence electrons. The number of para-hydroxylation sites is 2. The van der Waals surface area contributed by atoms with Gasteiger partial charge in [-0.25, -0.2) is 0 Å². The maximum atomic E-state index is 11.8. The SMILES string of the molecule is CCCc1noc(-c2ccc(N3CCN(c4ccccc4OC)CC3)c([N+](=O)[O-])c2)n1. The van der Waals surface area contributed by atoms with E-state index in [1.165, 1.54) is 6.07 Å². The Balaban J connectivity index is 1.53. The number of rotatable bonds is 7. The first-order valence-corrected chi connectivity index (χ1v) is 10.3. The van der Waals surface area contributed by atoms with Crippen LogP contribution >= 0.6 is 0 Å². The van der Waals surface area contributed by atoms with Gasteiger partial charge in [0.15, 0.2) is 5.82 Å². The second-order valence-corrected chi connectivity index (χ2v) is 7.37. The van der Waals surface area contributed by atoms with Crippen molar-refractivity contribution >= 4 is 17.1 Å². The molecule has 1 aliphatic heterocycles. The minimum absolute atomic E-state index is 0.0403. The molecule has 0 spiro atoms. The van der Waals surface area contributed by atoms with Crippen molar-refractivity contribution in [2.24, 2.45) is 0 Å². The number of nitro benzene ring substituents is 1. The number of hydrogen-bond acceptors (Lipinski definition) is 8. The fourth-order valence-corrected chi connectivity index (χ4v) is 3.85. The molecule has 0 atom stereocenters. The van der Waals surface area contributed by atoms with Crippen LogP contribution in [0.2, 0.25) is 0 Å². The Morgan fingerprint density at radius 2 is 1.81 bits per heavy atom. The number of hydrogen-bond donors (Lipinski definition) is 0. The average Bonchev–Trinajstić information content (AvgIpc) is 3.27. The van der Waals surface area contributed by atoms with Gasteiger partial charge in [0.25, 0.3) is 11.6 Å². The molecule has 9 nitrogen and oxygen atoms in total. The first-order chi connectivity index (χ1) is 15.1. The quantitative estimate of drug-likeness (QED) is 0.416. The van der Waals surface area contributed by atoms with Crippen LogP contribution in [0, 0.1) is 10.1 Å². The second kappa shape index (κ2) is 9.03. The van der Waals surface area contributed by atoms with Crippen molar-refractivity contribution in [1.29, 1.82) is 0 Å². The van der Waals surface area contributed by atoms with Gasteiger partial charge in [-0.15, -0.1) is 0 Å². The van der Waals surface area contributed by atoms with Crippen LogP contribution in [0.1, 0.15) is 19.2 Å². The van der Waals surface area contributed by atoms with Gasteiger partial charge in [-0.1, -0.05) is 24.2 Å². The Morgan fingerprint density at radius 1 is 1.10 bits per heavy atom. The first kappa shape index (κ1) is 20.6. The van der Waals surface area contributed by atoms with E-state index in [1.807, 2.05) is 36.1 Å². The Bertz CT molecular complexity index is 1060.